The molecular weight excluding hydrogens is 537 g/mol. The lowest BCUT2D eigenvalue weighted by Crippen LogP contribution is -2.35. The summed E-state index contributed by atoms with van der Waals surface area (Å²) in [5.74, 6) is 0.787. The highest BCUT2D eigenvalue weighted by Crippen LogP contribution is 2.29. The van der Waals surface area contributed by atoms with Gasteiger partial charge in [0.15, 0.2) is 17.8 Å². The number of carbonyl (C=O) groups is 1. The minimum Gasteiger partial charge on any atom is -0.445 e. The molecule has 0 bridgehead atoms. The van der Waals surface area contributed by atoms with Crippen LogP contribution in [-0.2, 0) is 4.74 Å². The van der Waals surface area contributed by atoms with Crippen molar-refractivity contribution < 1.29 is 27.4 Å². The Bertz CT molecular complexity index is 1440. The molecule has 0 spiro atoms. The Hall–Kier alpha value is -4.97. The lowest BCUT2D eigenvalue weighted by Gasteiger charge is -2.16. The van der Waals surface area contributed by atoms with Crippen molar-refractivity contribution in [2.24, 2.45) is 16.0 Å². The highest BCUT2D eigenvalue weighted by Gasteiger charge is 2.30. The first-order valence-corrected chi connectivity index (χ1v) is 12.6. The highest BCUT2D eigenvalue weighted by atomic mass is 19.3. The Morgan fingerprint density at radius 1 is 1.34 bits per heavy atom. The van der Waals surface area contributed by atoms with Crippen molar-refractivity contribution in [1.82, 2.24) is 15.2 Å². The van der Waals surface area contributed by atoms with Crippen LogP contribution >= 0.6 is 0 Å². The summed E-state index contributed by atoms with van der Waals surface area (Å²) in [6, 6.07) is 12.3. The number of rotatable bonds is 8. The van der Waals surface area contributed by atoms with Crippen molar-refractivity contribution in [3.8, 4) is 23.9 Å². The number of carbonyl (C=O) groups excluding carboxylic acids is 1. The van der Waals surface area contributed by atoms with E-state index >= 15 is 0 Å². The smallest absolute Gasteiger partial charge is 0.421 e. The molecule has 12 heteroatoms. The van der Waals surface area contributed by atoms with Crippen molar-refractivity contribution in [2.45, 2.75) is 33.8 Å². The van der Waals surface area contributed by atoms with Crippen LogP contribution in [0.2, 0.25) is 0 Å². The van der Waals surface area contributed by atoms with Crippen LogP contribution in [0.25, 0.3) is 0 Å². The predicted molar refractivity (Wildman–Crippen MR) is 148 cm³/mol. The Morgan fingerprint density at radius 3 is 2.78 bits per heavy atom. The van der Waals surface area contributed by atoms with Gasteiger partial charge in [0.25, 0.3) is 0 Å². The van der Waals surface area contributed by atoms with Gasteiger partial charge in [-0.15, -0.1) is 0 Å². The fraction of sp³-hybridized carbons (Fsp3) is 0.310. The van der Waals surface area contributed by atoms with Gasteiger partial charge in [0.05, 0.1) is 12.3 Å². The molecule has 0 aromatic heterocycles. The van der Waals surface area contributed by atoms with Gasteiger partial charge in [-0.25, -0.2) is 24.1 Å². The maximum atomic E-state index is 14.8. The predicted octanol–water partition coefficient (Wildman–Crippen LogP) is 5.43. The minimum absolute atomic E-state index is 0.0595. The summed E-state index contributed by atoms with van der Waals surface area (Å²) in [4.78, 5) is 17.6. The van der Waals surface area contributed by atoms with E-state index in [0.717, 1.165) is 22.8 Å². The molecule has 3 rings (SSSR count). The number of nitrogens with one attached hydrogen (secondary N) is 1. The zero-order valence-electron chi connectivity index (χ0n) is 22.8. The number of aliphatic imine (C=N–C) groups is 1. The van der Waals surface area contributed by atoms with Crippen molar-refractivity contribution >= 4 is 23.5 Å². The van der Waals surface area contributed by atoms with Gasteiger partial charge in [-0.1, -0.05) is 36.8 Å². The molecule has 1 aliphatic rings. The number of nitrogens with zero attached hydrogens (tertiary/aromatic N) is 5. The molecule has 0 radical (unpaired) electrons. The van der Waals surface area contributed by atoms with Gasteiger partial charge in [-0.2, -0.15) is 19.1 Å². The summed E-state index contributed by atoms with van der Waals surface area (Å²) >= 11 is 0. The molecule has 214 valence electrons. The van der Waals surface area contributed by atoms with Crippen LogP contribution < -0.4 is 10.1 Å². The number of hydrazone groups is 1. The van der Waals surface area contributed by atoms with E-state index in [0.29, 0.717) is 12.3 Å². The Labute approximate surface area is 236 Å². The van der Waals surface area contributed by atoms with Crippen molar-refractivity contribution in [3.63, 3.8) is 0 Å². The second-order valence-electron chi connectivity index (χ2n) is 8.81. The number of aryl methyl sites for hydroxylation is 2. The van der Waals surface area contributed by atoms with E-state index in [1.54, 1.807) is 13.1 Å². The molecule has 1 amide bonds. The van der Waals surface area contributed by atoms with E-state index in [-0.39, 0.29) is 37.1 Å². The summed E-state index contributed by atoms with van der Waals surface area (Å²) in [5.41, 5.74) is 3.26. The number of amides is 1. The van der Waals surface area contributed by atoms with E-state index in [2.05, 4.69) is 38.7 Å². The van der Waals surface area contributed by atoms with E-state index in [4.69, 9.17) is 4.74 Å². The van der Waals surface area contributed by atoms with Crippen molar-refractivity contribution in [1.29, 1.82) is 5.26 Å². The molecule has 41 heavy (non-hydrogen) atoms. The molecule has 0 saturated heterocycles. The van der Waals surface area contributed by atoms with Crippen LogP contribution in [0.5, 0.6) is 5.75 Å². The largest absolute Gasteiger partial charge is 0.445 e. The van der Waals surface area contributed by atoms with Gasteiger partial charge in [0, 0.05) is 24.9 Å². The lowest BCUT2D eigenvalue weighted by atomic mass is 9.93. The average molecular weight is 567 g/mol. The molecule has 1 unspecified atom stereocenters. The molecule has 0 saturated carbocycles. The first-order valence-electron chi connectivity index (χ1n) is 12.6. The fourth-order valence-electron chi connectivity index (χ4n) is 3.85. The molecule has 1 heterocycles. The fourth-order valence-corrected chi connectivity index (χ4v) is 3.85. The van der Waals surface area contributed by atoms with Crippen LogP contribution in [0.3, 0.4) is 0 Å². The summed E-state index contributed by atoms with van der Waals surface area (Å²) < 4.78 is 49.5. The molecule has 9 nitrogen and oxygen atoms in total. The van der Waals surface area contributed by atoms with E-state index in [1.807, 2.05) is 32.0 Å². The Kier molecular flexibility index (Phi) is 10.8. The Morgan fingerprint density at radius 2 is 2.12 bits per heavy atom. The maximum Gasteiger partial charge on any atom is 0.421 e. The molecule has 1 atom stereocenters. The van der Waals surface area contributed by atoms with Crippen LogP contribution in [0.15, 0.2) is 59.1 Å². The number of benzene rings is 2. The molecule has 2 aromatic rings. The second-order valence-corrected chi connectivity index (χ2v) is 8.81. The molecular formula is C29H29F3N6O3. The first-order chi connectivity index (χ1) is 19.7. The van der Waals surface area contributed by atoms with Gasteiger partial charge in [-0.05, 0) is 55.7 Å². The third-order valence-electron chi connectivity index (χ3n) is 6.03. The van der Waals surface area contributed by atoms with E-state index < -0.39 is 24.3 Å². The number of nitriles is 1. The summed E-state index contributed by atoms with van der Waals surface area (Å²) in [7, 11) is 0. The van der Waals surface area contributed by atoms with E-state index in [1.165, 1.54) is 28.1 Å². The van der Waals surface area contributed by atoms with Crippen molar-refractivity contribution in [2.75, 3.05) is 19.7 Å². The SMILES string of the molecule is C=CCOC(=O)N(C#CCC1CN(C(=Nc2cccc(OC(F)F)c2F)NC#N)N=C1c1ccc(C)c(C)c1)CC. The number of alkyl halides is 2. The molecule has 0 fully saturated rings. The zero-order chi connectivity index (χ0) is 29.9. The topological polar surface area (TPSA) is 103 Å². The molecule has 1 aliphatic heterocycles. The number of guanidine groups is 1. The molecule has 0 aliphatic carbocycles. The average Bonchev–Trinajstić information content (AvgIpc) is 3.37. The van der Waals surface area contributed by atoms with Crippen LogP contribution in [0, 0.1) is 49.0 Å². The zero-order valence-corrected chi connectivity index (χ0v) is 22.8. The van der Waals surface area contributed by atoms with Gasteiger partial charge < -0.3 is 9.47 Å². The minimum atomic E-state index is -3.22. The third-order valence-corrected chi connectivity index (χ3v) is 6.03. The summed E-state index contributed by atoms with van der Waals surface area (Å²) in [6.07, 6.45) is 2.90. The normalized spacial score (nSPS) is 14.5. The van der Waals surface area contributed by atoms with E-state index in [9.17, 15) is 23.2 Å². The Balaban J connectivity index is 1.97. The van der Waals surface area contributed by atoms with Crippen molar-refractivity contribution in [3.05, 3.63) is 71.6 Å². The van der Waals surface area contributed by atoms with Crippen LogP contribution in [0.4, 0.5) is 23.7 Å². The monoisotopic (exact) mass is 566 g/mol. The summed E-state index contributed by atoms with van der Waals surface area (Å²) in [5, 5.41) is 17.8. The second kappa shape index (κ2) is 14.4. The first kappa shape index (κ1) is 30.6. The lowest BCUT2D eigenvalue weighted by molar-refractivity contribution is -0.0521. The number of halogens is 3. The maximum absolute atomic E-state index is 14.8. The molecule has 1 N–H and O–H groups in total. The summed E-state index contributed by atoms with van der Waals surface area (Å²) in [6.45, 7) is 6.58. The van der Waals surface area contributed by atoms with Gasteiger partial charge >= 0.3 is 12.7 Å². The van der Waals surface area contributed by atoms with Crippen LogP contribution in [0.1, 0.15) is 30.0 Å². The van der Waals surface area contributed by atoms with Gasteiger partial charge in [0.2, 0.25) is 5.96 Å². The number of hydrogen-bond acceptors (Lipinski definition) is 6. The van der Waals surface area contributed by atoms with Gasteiger partial charge in [0.1, 0.15) is 12.3 Å². The third kappa shape index (κ3) is 8.02. The number of ether oxygens (including phenoxy) is 2. The van der Waals surface area contributed by atoms with Gasteiger partial charge in [-0.3, -0.25) is 5.32 Å². The quantitative estimate of drug-likeness (QED) is 0.114. The standard InChI is InChI=1S/C29H29F3N6O3/c1-5-15-40-29(39)37(6-2)14-8-9-22-17-38(36-26(22)21-13-12-19(3)20(4)16-21)28(34-18-33)35-23-10-7-11-24(25(23)30)41-27(31)32/h5,7,10-13,16,22,27H,1,6,9,15,17H2,2-4H3,(H,34,35). The number of hydrogen-bond donors (Lipinski definition) is 1. The molecule has 2 aromatic carbocycles. The highest BCUT2D eigenvalue weighted by molar-refractivity contribution is 6.05. The van der Waals surface area contributed by atoms with Crippen LogP contribution in [-0.4, -0.2) is 54.0 Å².